The molecule has 1 saturated heterocycles. The van der Waals surface area contributed by atoms with E-state index in [1.54, 1.807) is 6.07 Å². The van der Waals surface area contributed by atoms with Crippen molar-refractivity contribution in [1.29, 1.82) is 0 Å². The lowest BCUT2D eigenvalue weighted by Gasteiger charge is -2.30. The topological polar surface area (TPSA) is 33.2 Å². The van der Waals surface area contributed by atoms with Crippen molar-refractivity contribution >= 4 is 28.0 Å². The fourth-order valence-electron chi connectivity index (χ4n) is 1.84. The van der Waals surface area contributed by atoms with Gasteiger partial charge in [0, 0.05) is 19.0 Å². The van der Waals surface area contributed by atoms with E-state index in [9.17, 15) is 9.18 Å². The summed E-state index contributed by atoms with van der Waals surface area (Å²) >= 11 is 3.14. The third-order valence-electron chi connectivity index (χ3n) is 2.85. The van der Waals surface area contributed by atoms with Gasteiger partial charge < -0.3 is 9.69 Å². The van der Waals surface area contributed by atoms with Crippen LogP contribution in [0.1, 0.15) is 12.8 Å². The molecule has 0 spiro atoms. The van der Waals surface area contributed by atoms with Crippen molar-refractivity contribution in [2.45, 2.75) is 12.8 Å². The summed E-state index contributed by atoms with van der Waals surface area (Å²) in [7, 11) is 0. The van der Waals surface area contributed by atoms with Gasteiger partial charge in [-0.3, -0.25) is 0 Å². The molecule has 0 bridgehead atoms. The van der Waals surface area contributed by atoms with E-state index in [1.807, 2.05) is 0 Å². The minimum absolute atomic E-state index is 0.167. The zero-order valence-electron chi connectivity index (χ0n) is 8.70. The zero-order chi connectivity index (χ0) is 11.5. The van der Waals surface area contributed by atoms with Gasteiger partial charge in [-0.25, -0.2) is 9.37 Å². The Balaban J connectivity index is 2.08. The molecule has 2 rings (SSSR count). The highest BCUT2D eigenvalue weighted by Gasteiger charge is 2.19. The molecule has 1 aromatic rings. The molecule has 0 atom stereocenters. The maximum atomic E-state index is 13.0. The van der Waals surface area contributed by atoms with Gasteiger partial charge in [0.15, 0.2) is 5.82 Å². The van der Waals surface area contributed by atoms with Gasteiger partial charge in [0.25, 0.3) is 0 Å². The SMILES string of the molecule is O=CC1CCN(c2cc(Br)c(F)cn2)CC1. The number of hydrogen-bond donors (Lipinski definition) is 0. The van der Waals surface area contributed by atoms with Crippen LogP contribution < -0.4 is 4.90 Å². The molecule has 0 N–H and O–H groups in total. The number of pyridine rings is 1. The molecule has 1 aliphatic heterocycles. The van der Waals surface area contributed by atoms with Gasteiger partial charge in [0.1, 0.15) is 12.1 Å². The summed E-state index contributed by atoms with van der Waals surface area (Å²) in [6, 6.07) is 1.68. The molecule has 0 unspecified atom stereocenters. The first-order valence-electron chi connectivity index (χ1n) is 5.22. The quantitative estimate of drug-likeness (QED) is 0.783. The Labute approximate surface area is 102 Å². The highest BCUT2D eigenvalue weighted by atomic mass is 79.9. The normalized spacial score (nSPS) is 17.5. The lowest BCUT2D eigenvalue weighted by molar-refractivity contribution is -0.111. The molecule has 1 aromatic heterocycles. The van der Waals surface area contributed by atoms with Crippen LogP contribution in [0, 0.1) is 11.7 Å². The number of anilines is 1. The van der Waals surface area contributed by atoms with Crippen LogP contribution in [0.25, 0.3) is 0 Å². The highest BCUT2D eigenvalue weighted by molar-refractivity contribution is 9.10. The summed E-state index contributed by atoms with van der Waals surface area (Å²) in [5.41, 5.74) is 0. The summed E-state index contributed by atoms with van der Waals surface area (Å²) in [5, 5.41) is 0. The first-order valence-corrected chi connectivity index (χ1v) is 6.01. The second kappa shape index (κ2) is 4.91. The Bertz CT molecular complexity index is 392. The number of nitrogens with zero attached hydrogens (tertiary/aromatic N) is 2. The first-order chi connectivity index (χ1) is 7.70. The lowest BCUT2D eigenvalue weighted by atomic mass is 9.99. The Hall–Kier alpha value is -0.970. The van der Waals surface area contributed by atoms with Crippen molar-refractivity contribution in [1.82, 2.24) is 4.98 Å². The molecule has 0 saturated carbocycles. The van der Waals surface area contributed by atoms with Crippen LogP contribution in [-0.4, -0.2) is 24.4 Å². The summed E-state index contributed by atoms with van der Waals surface area (Å²) in [6.07, 6.45) is 3.93. The van der Waals surface area contributed by atoms with E-state index >= 15 is 0 Å². The molecule has 0 aliphatic carbocycles. The third kappa shape index (κ3) is 2.40. The number of aromatic nitrogens is 1. The second-order valence-corrected chi connectivity index (χ2v) is 4.77. The summed E-state index contributed by atoms with van der Waals surface area (Å²) in [6.45, 7) is 1.60. The lowest BCUT2D eigenvalue weighted by Crippen LogP contribution is -2.34. The molecular weight excluding hydrogens is 275 g/mol. The number of aldehydes is 1. The van der Waals surface area contributed by atoms with E-state index in [0.717, 1.165) is 38.0 Å². The largest absolute Gasteiger partial charge is 0.357 e. The first kappa shape index (κ1) is 11.5. The smallest absolute Gasteiger partial charge is 0.155 e. The van der Waals surface area contributed by atoms with Crippen LogP contribution in [0.15, 0.2) is 16.7 Å². The molecule has 5 heteroatoms. The maximum Gasteiger partial charge on any atom is 0.155 e. The van der Waals surface area contributed by atoms with Crippen molar-refractivity contribution in [3.8, 4) is 0 Å². The molecule has 1 aliphatic rings. The fraction of sp³-hybridized carbons (Fsp3) is 0.455. The molecular formula is C11H12BrFN2O. The van der Waals surface area contributed by atoms with Gasteiger partial charge in [-0.15, -0.1) is 0 Å². The van der Waals surface area contributed by atoms with E-state index in [2.05, 4.69) is 25.8 Å². The molecule has 0 radical (unpaired) electrons. The number of carbonyl (C=O) groups excluding carboxylic acids is 1. The minimum atomic E-state index is -0.355. The van der Waals surface area contributed by atoms with Crippen molar-refractivity contribution in [3.63, 3.8) is 0 Å². The predicted molar refractivity (Wildman–Crippen MR) is 62.9 cm³/mol. The van der Waals surface area contributed by atoms with Crippen LogP contribution in [0.3, 0.4) is 0 Å². The standard InChI is InChI=1S/C11H12BrFN2O/c12-9-5-11(14-6-10(9)13)15-3-1-8(7-16)2-4-15/h5-8H,1-4H2. The van der Waals surface area contributed by atoms with Gasteiger partial charge in [-0.05, 0) is 34.8 Å². The van der Waals surface area contributed by atoms with Gasteiger partial charge in [0.05, 0.1) is 10.7 Å². The number of piperidine rings is 1. The second-order valence-electron chi connectivity index (χ2n) is 3.92. The number of hydrogen-bond acceptors (Lipinski definition) is 3. The Morgan fingerprint density at radius 2 is 2.19 bits per heavy atom. The molecule has 0 aromatic carbocycles. The van der Waals surface area contributed by atoms with Crippen molar-refractivity contribution in [2.75, 3.05) is 18.0 Å². The number of carbonyl (C=O) groups is 1. The maximum absolute atomic E-state index is 13.0. The summed E-state index contributed by atoms with van der Waals surface area (Å²) in [5.74, 6) is 0.573. The van der Waals surface area contributed by atoms with Crippen LogP contribution in [0.4, 0.5) is 10.2 Å². The van der Waals surface area contributed by atoms with Crippen LogP contribution >= 0.6 is 15.9 Å². The van der Waals surface area contributed by atoms with Crippen molar-refractivity contribution in [3.05, 3.63) is 22.6 Å². The summed E-state index contributed by atoms with van der Waals surface area (Å²) in [4.78, 5) is 16.7. The molecule has 86 valence electrons. The summed E-state index contributed by atoms with van der Waals surface area (Å²) < 4.78 is 13.4. The fourth-order valence-corrected chi connectivity index (χ4v) is 2.15. The monoisotopic (exact) mass is 286 g/mol. The van der Waals surface area contributed by atoms with Crippen LogP contribution in [-0.2, 0) is 4.79 Å². The highest BCUT2D eigenvalue weighted by Crippen LogP contribution is 2.24. The predicted octanol–water partition coefficient (Wildman–Crippen LogP) is 2.40. The van der Waals surface area contributed by atoms with Gasteiger partial charge in [-0.2, -0.15) is 0 Å². The zero-order valence-corrected chi connectivity index (χ0v) is 10.3. The Morgan fingerprint density at radius 1 is 1.50 bits per heavy atom. The Morgan fingerprint density at radius 3 is 2.75 bits per heavy atom. The molecule has 0 amide bonds. The van der Waals surface area contributed by atoms with Gasteiger partial charge >= 0.3 is 0 Å². The van der Waals surface area contributed by atoms with Crippen LogP contribution in [0.5, 0.6) is 0 Å². The van der Waals surface area contributed by atoms with E-state index in [1.165, 1.54) is 6.20 Å². The average molecular weight is 287 g/mol. The molecule has 16 heavy (non-hydrogen) atoms. The number of halogens is 2. The molecule has 3 nitrogen and oxygen atoms in total. The Kier molecular flexibility index (Phi) is 3.53. The number of rotatable bonds is 2. The molecule has 2 heterocycles. The van der Waals surface area contributed by atoms with E-state index in [0.29, 0.717) is 4.47 Å². The minimum Gasteiger partial charge on any atom is -0.357 e. The van der Waals surface area contributed by atoms with E-state index in [-0.39, 0.29) is 11.7 Å². The van der Waals surface area contributed by atoms with Gasteiger partial charge in [-0.1, -0.05) is 0 Å². The van der Waals surface area contributed by atoms with Gasteiger partial charge in [0.2, 0.25) is 0 Å². The van der Waals surface area contributed by atoms with E-state index < -0.39 is 0 Å². The third-order valence-corrected chi connectivity index (χ3v) is 3.46. The van der Waals surface area contributed by atoms with Crippen molar-refractivity contribution in [2.24, 2.45) is 5.92 Å². The average Bonchev–Trinajstić information content (AvgIpc) is 2.33. The van der Waals surface area contributed by atoms with Crippen LogP contribution in [0.2, 0.25) is 0 Å². The van der Waals surface area contributed by atoms with Crippen molar-refractivity contribution < 1.29 is 9.18 Å². The van der Waals surface area contributed by atoms with E-state index in [4.69, 9.17) is 0 Å². The molecule has 1 fully saturated rings.